The van der Waals surface area contributed by atoms with Gasteiger partial charge in [-0.25, -0.2) is 0 Å². The number of phenols is 1. The number of benzene rings is 3. The Morgan fingerprint density at radius 1 is 0.691 bits per heavy atom. The quantitative estimate of drug-likeness (QED) is 0.0119. The predicted octanol–water partition coefficient (Wildman–Crippen LogP) is -1.81. The topological polar surface area (TPSA) is 415 Å². The minimum absolute atomic E-state index is 0.0149. The average Bonchev–Trinajstić information content (AvgIpc) is 4.16. The van der Waals surface area contributed by atoms with Crippen molar-refractivity contribution in [3.05, 3.63) is 101 Å². The van der Waals surface area contributed by atoms with Crippen LogP contribution in [0.4, 0.5) is 0 Å². The van der Waals surface area contributed by atoms with Crippen LogP contribution in [0.25, 0.3) is 21.8 Å². The molecule has 0 saturated heterocycles. The van der Waals surface area contributed by atoms with Crippen LogP contribution in [0.2, 0.25) is 0 Å². The SMILES string of the molecule is C[C@@H](O)[C@H](NC(=O)[C@@H](NC(=O)[C@@H](NC(=O)[C@H](CCCN=C(N)N)NC(=O)[C@@H](Cc1c[nH]c2ccccc12)NC(=O)[C@H](Cc1ccc(O)cc1)NC(=O)[C@H](CS)NC(=O)C1Cc2c([nH]c3ccccc23)CN1)[C@@H](C)O)C(C)(C)S)C(N)=O. The summed E-state index contributed by atoms with van der Waals surface area (Å²) in [5.74, 6) is -7.62. The highest BCUT2D eigenvalue weighted by Gasteiger charge is 2.40. The number of aromatic nitrogens is 2. The number of carbonyl (C=O) groups excluding carboxylic acids is 8. The second-order valence-corrected chi connectivity index (χ2v) is 22.0. The number of rotatable bonds is 27. The van der Waals surface area contributed by atoms with Crippen LogP contribution in [0.3, 0.4) is 0 Å². The van der Waals surface area contributed by atoms with Gasteiger partial charge in [0.05, 0.1) is 18.2 Å². The van der Waals surface area contributed by atoms with Gasteiger partial charge in [-0.15, -0.1) is 0 Å². The molecule has 3 heterocycles. The average molecular weight is 1160 g/mol. The number of hydrogen-bond acceptors (Lipinski definition) is 15. The second kappa shape index (κ2) is 28.0. The molecule has 1 aliphatic rings. The van der Waals surface area contributed by atoms with Gasteiger partial charge in [0, 0.05) is 70.1 Å². The summed E-state index contributed by atoms with van der Waals surface area (Å²) in [6, 6.07) is 9.53. The summed E-state index contributed by atoms with van der Waals surface area (Å²) in [7, 11) is 0. The van der Waals surface area contributed by atoms with Crippen molar-refractivity contribution in [2.75, 3.05) is 12.3 Å². The van der Waals surface area contributed by atoms with E-state index in [1.54, 1.807) is 42.6 Å². The molecule has 0 saturated carbocycles. The van der Waals surface area contributed by atoms with Gasteiger partial charge in [0.15, 0.2) is 5.96 Å². The molecule has 25 nitrogen and oxygen atoms in total. The van der Waals surface area contributed by atoms with E-state index in [0.717, 1.165) is 22.2 Å². The molecule has 0 bridgehead atoms. The minimum atomic E-state index is -1.78. The summed E-state index contributed by atoms with van der Waals surface area (Å²) in [5, 5.41) is 54.2. The van der Waals surface area contributed by atoms with Crippen molar-refractivity contribution in [2.24, 2.45) is 22.2 Å². The van der Waals surface area contributed by atoms with Gasteiger partial charge in [0.1, 0.15) is 48.0 Å². The number of nitrogens with one attached hydrogen (secondary N) is 10. The Hall–Kier alpha value is -7.85. The summed E-state index contributed by atoms with van der Waals surface area (Å²) in [6.45, 7) is 5.69. The molecule has 1 aliphatic heterocycles. The monoisotopic (exact) mass is 1160 g/mol. The molecular formula is C54H72N14O11S2. The maximum atomic E-state index is 14.9. The molecule has 0 radical (unpaired) electrons. The number of aliphatic imine (C=N–C) groups is 1. The van der Waals surface area contributed by atoms with Crippen molar-refractivity contribution in [1.82, 2.24) is 52.5 Å². The lowest BCUT2D eigenvalue weighted by molar-refractivity contribution is -0.137. The second-order valence-electron chi connectivity index (χ2n) is 20.5. The number of fused-ring (bicyclic) bond motifs is 4. The third-order valence-electron chi connectivity index (χ3n) is 13.7. The lowest BCUT2D eigenvalue weighted by atomic mass is 9.98. The van der Waals surface area contributed by atoms with Crippen LogP contribution in [0.5, 0.6) is 5.75 Å². The van der Waals surface area contributed by atoms with Crippen LogP contribution in [-0.2, 0) is 64.2 Å². The van der Waals surface area contributed by atoms with Gasteiger partial charge < -0.3 is 79.7 Å². The third kappa shape index (κ3) is 16.9. The molecule has 81 heavy (non-hydrogen) atoms. The molecule has 0 spiro atoms. The maximum absolute atomic E-state index is 14.9. The summed E-state index contributed by atoms with van der Waals surface area (Å²) in [5.41, 5.74) is 21.1. The van der Waals surface area contributed by atoms with Gasteiger partial charge >= 0.3 is 0 Å². The smallest absolute Gasteiger partial charge is 0.245 e. The van der Waals surface area contributed by atoms with Crippen molar-refractivity contribution in [3.8, 4) is 5.75 Å². The summed E-state index contributed by atoms with van der Waals surface area (Å²) in [6.07, 6.45) is -1.52. The molecule has 10 atom stereocenters. The van der Waals surface area contributed by atoms with Gasteiger partial charge in [0.2, 0.25) is 47.3 Å². The van der Waals surface area contributed by atoms with E-state index in [-0.39, 0.29) is 49.7 Å². The highest BCUT2D eigenvalue weighted by molar-refractivity contribution is 7.81. The van der Waals surface area contributed by atoms with E-state index in [9.17, 15) is 53.7 Å². The van der Waals surface area contributed by atoms with Crippen molar-refractivity contribution in [3.63, 3.8) is 0 Å². The lowest BCUT2D eigenvalue weighted by Crippen LogP contribution is -2.64. The standard InChI is InChI=1S/C54H72N14O11S2/c1-26(69)42(45(55)72)66-52(79)44(54(3,4)81)68-51(78)43(27(2)70)67-46(73)36(14-9-19-58-53(56)57)62-49(76)39(21-29-23-59-34-12-7-5-10-31(29)34)64-48(75)38(20-28-15-17-30(71)18-16-28)63-50(77)41(25-80)65-47(74)37-22-33-32-11-6-8-13-35(32)61-40(33)24-60-37/h5-8,10-13,15-18,23,26-27,36-39,41-44,59-61,69-71,80-81H,9,14,19-22,24-25H2,1-4H3,(H2,55,72)(H,62,76)(H,63,77)(H,64,75)(H,65,74)(H,66,79)(H,67,73)(H,68,78)(H4,56,57,58)/t26-,27-,36+,37?,38+,39-,41+,42+,43+,44-/m1/s1. The Morgan fingerprint density at radius 2 is 1.26 bits per heavy atom. The van der Waals surface area contributed by atoms with Crippen molar-refractivity contribution < 1.29 is 53.7 Å². The van der Waals surface area contributed by atoms with Crippen molar-refractivity contribution in [2.45, 2.75) is 132 Å². The molecule has 5 aromatic rings. The van der Waals surface area contributed by atoms with Crippen LogP contribution < -0.4 is 59.7 Å². The third-order valence-corrected chi connectivity index (χ3v) is 14.3. The first kappa shape index (κ1) is 62.3. The van der Waals surface area contributed by atoms with E-state index in [1.165, 1.54) is 39.8 Å². The van der Waals surface area contributed by atoms with Gasteiger partial charge in [-0.05, 0) is 87.9 Å². The van der Waals surface area contributed by atoms with E-state index in [4.69, 9.17) is 17.2 Å². The molecule has 1 unspecified atom stereocenters. The lowest BCUT2D eigenvalue weighted by Gasteiger charge is -2.33. The van der Waals surface area contributed by atoms with E-state index in [2.05, 4.69) is 82.8 Å². The molecule has 27 heteroatoms. The number of aromatic amines is 2. The first-order valence-electron chi connectivity index (χ1n) is 26.2. The Morgan fingerprint density at radius 3 is 1.86 bits per heavy atom. The molecule has 8 amide bonds. The maximum Gasteiger partial charge on any atom is 0.245 e. The number of nitrogens with two attached hydrogens (primary N) is 3. The highest BCUT2D eigenvalue weighted by atomic mass is 32.1. The minimum Gasteiger partial charge on any atom is -0.508 e. The molecule has 2 aromatic heterocycles. The van der Waals surface area contributed by atoms with Crippen molar-refractivity contribution in [1.29, 1.82) is 0 Å². The van der Waals surface area contributed by atoms with Crippen LogP contribution >= 0.6 is 25.3 Å². The number of aliphatic hydroxyl groups is 2. The Balaban J connectivity index is 1.26. The molecule has 436 valence electrons. The Kier molecular flexibility index (Phi) is 21.6. The molecule has 6 rings (SSSR count). The number of aliphatic hydroxyl groups excluding tert-OH is 2. The fourth-order valence-electron chi connectivity index (χ4n) is 9.31. The Labute approximate surface area is 477 Å². The first-order valence-corrected chi connectivity index (χ1v) is 27.2. The number of thiol groups is 2. The van der Waals surface area contributed by atoms with Crippen LogP contribution in [-0.4, -0.2) is 156 Å². The summed E-state index contributed by atoms with van der Waals surface area (Å²) >= 11 is 8.85. The molecular weight excluding hydrogens is 1080 g/mol. The number of carbonyl (C=O) groups is 8. The molecule has 19 N–H and O–H groups in total. The molecule has 0 aliphatic carbocycles. The predicted molar refractivity (Wildman–Crippen MR) is 309 cm³/mol. The largest absolute Gasteiger partial charge is 0.508 e. The molecule has 0 fully saturated rings. The summed E-state index contributed by atoms with van der Waals surface area (Å²) < 4.78 is -1.35. The fourth-order valence-corrected chi connectivity index (χ4v) is 9.75. The number of primary amides is 1. The van der Waals surface area contributed by atoms with Gasteiger partial charge in [-0.1, -0.05) is 48.5 Å². The summed E-state index contributed by atoms with van der Waals surface area (Å²) in [4.78, 5) is 122. The van der Waals surface area contributed by atoms with Gasteiger partial charge in [-0.3, -0.25) is 48.7 Å². The number of para-hydroxylation sites is 2. The number of H-pyrrole nitrogens is 2. The van der Waals surface area contributed by atoms with Crippen LogP contribution in [0.1, 0.15) is 62.9 Å². The van der Waals surface area contributed by atoms with E-state index in [1.807, 2.05) is 24.3 Å². The normalized spacial score (nSPS) is 16.6. The first-order chi connectivity index (χ1) is 38.3. The highest BCUT2D eigenvalue weighted by Crippen LogP contribution is 2.27. The van der Waals surface area contributed by atoms with Crippen LogP contribution in [0, 0.1) is 0 Å². The van der Waals surface area contributed by atoms with Crippen LogP contribution in [0.15, 0.2) is 84.0 Å². The zero-order chi connectivity index (χ0) is 59.3. The number of hydrogen-bond donors (Lipinski definition) is 18. The number of phenolic OH excluding ortho intramolecular Hbond substituents is 1. The fraction of sp³-hybridized carbons (Fsp3) is 0.426. The van der Waals surface area contributed by atoms with E-state index < -0.39 is 113 Å². The Bertz CT molecular complexity index is 3100. The zero-order valence-corrected chi connectivity index (χ0v) is 46.9. The number of amides is 8. The van der Waals surface area contributed by atoms with Gasteiger partial charge in [-0.2, -0.15) is 25.3 Å². The van der Waals surface area contributed by atoms with Gasteiger partial charge in [0.25, 0.3) is 0 Å². The van der Waals surface area contributed by atoms with Crippen molar-refractivity contribution >= 4 is 100 Å². The number of aromatic hydroxyl groups is 1. The number of nitrogens with zero attached hydrogens (tertiary/aromatic N) is 1. The zero-order valence-electron chi connectivity index (χ0n) is 45.1. The van der Waals surface area contributed by atoms with E-state index in [0.29, 0.717) is 35.0 Å². The van der Waals surface area contributed by atoms with E-state index >= 15 is 0 Å². The number of guanidine groups is 1. The molecule has 3 aromatic carbocycles.